The Morgan fingerprint density at radius 3 is 1.88 bits per heavy atom. The van der Waals surface area contributed by atoms with Crippen molar-refractivity contribution in [1.82, 2.24) is 0 Å². The molecule has 1 saturated heterocycles. The minimum Gasteiger partial charge on any atom is -0.385 e. The van der Waals surface area contributed by atoms with Crippen LogP contribution < -0.4 is 0 Å². The second-order valence-electron chi connectivity index (χ2n) is 7.82. The summed E-state index contributed by atoms with van der Waals surface area (Å²) in [6, 6.07) is 7.70. The first-order valence-corrected chi connectivity index (χ1v) is 9.73. The smallest absolute Gasteiger partial charge is 0.168 e. The van der Waals surface area contributed by atoms with Gasteiger partial charge in [-0.15, -0.1) is 0 Å². The summed E-state index contributed by atoms with van der Waals surface area (Å²) in [6.07, 6.45) is 8.40. The Morgan fingerprint density at radius 1 is 0.833 bits per heavy atom. The Bertz CT molecular complexity index is 547. The molecule has 0 atom stereocenters. The zero-order valence-electron chi connectivity index (χ0n) is 14.2. The summed E-state index contributed by atoms with van der Waals surface area (Å²) in [5.74, 6) is 1.24. The van der Waals surface area contributed by atoms with Gasteiger partial charge in [-0.1, -0.05) is 23.7 Å². The van der Waals surface area contributed by atoms with Crippen molar-refractivity contribution in [2.75, 3.05) is 13.2 Å². The minimum atomic E-state index is -0.672. The Morgan fingerprint density at radius 2 is 1.33 bits per heavy atom. The molecule has 1 aliphatic heterocycles. The van der Waals surface area contributed by atoms with E-state index in [2.05, 4.69) is 0 Å². The highest BCUT2D eigenvalue weighted by Crippen LogP contribution is 2.47. The second-order valence-corrected chi connectivity index (χ2v) is 8.26. The van der Waals surface area contributed by atoms with Gasteiger partial charge in [-0.3, -0.25) is 0 Å². The van der Waals surface area contributed by atoms with E-state index in [1.165, 1.54) is 12.8 Å². The van der Waals surface area contributed by atoms with Crippen molar-refractivity contribution in [2.24, 2.45) is 11.8 Å². The van der Waals surface area contributed by atoms with Crippen molar-refractivity contribution in [2.45, 2.75) is 62.8 Å². The van der Waals surface area contributed by atoms with Gasteiger partial charge in [-0.05, 0) is 68.1 Å². The van der Waals surface area contributed by atoms with Gasteiger partial charge in [0.25, 0.3) is 0 Å². The molecule has 3 aliphatic rings. The number of hydrogen-bond donors (Lipinski definition) is 1. The first kappa shape index (κ1) is 16.8. The number of benzene rings is 1. The van der Waals surface area contributed by atoms with Crippen LogP contribution in [0, 0.1) is 11.8 Å². The molecule has 1 aromatic rings. The Labute approximate surface area is 149 Å². The van der Waals surface area contributed by atoms with Crippen molar-refractivity contribution in [3.63, 3.8) is 0 Å². The summed E-state index contributed by atoms with van der Waals surface area (Å²) >= 11 is 5.97. The molecule has 1 spiro atoms. The van der Waals surface area contributed by atoms with Crippen molar-refractivity contribution in [3.05, 3.63) is 34.9 Å². The first-order valence-electron chi connectivity index (χ1n) is 9.35. The lowest BCUT2D eigenvalue weighted by atomic mass is 9.67. The molecule has 2 saturated carbocycles. The summed E-state index contributed by atoms with van der Waals surface area (Å²) < 4.78 is 11.7. The van der Waals surface area contributed by atoms with Crippen LogP contribution in [0.1, 0.15) is 56.9 Å². The van der Waals surface area contributed by atoms with Gasteiger partial charge >= 0.3 is 0 Å². The lowest BCUT2D eigenvalue weighted by Gasteiger charge is -2.43. The monoisotopic (exact) mass is 350 g/mol. The molecule has 3 nitrogen and oxygen atoms in total. The molecule has 1 heterocycles. The van der Waals surface area contributed by atoms with Gasteiger partial charge in [0.15, 0.2) is 5.79 Å². The summed E-state index contributed by atoms with van der Waals surface area (Å²) in [6.45, 7) is 1.50. The predicted octanol–water partition coefficient (Wildman–Crippen LogP) is 4.65. The topological polar surface area (TPSA) is 38.7 Å². The molecule has 1 aromatic carbocycles. The zero-order valence-corrected chi connectivity index (χ0v) is 14.9. The van der Waals surface area contributed by atoms with Crippen molar-refractivity contribution >= 4 is 11.6 Å². The van der Waals surface area contributed by atoms with Gasteiger partial charge in [0.1, 0.15) is 0 Å². The van der Waals surface area contributed by atoms with Crippen molar-refractivity contribution in [3.8, 4) is 0 Å². The van der Waals surface area contributed by atoms with Gasteiger partial charge < -0.3 is 14.6 Å². The number of hydrogen-bond acceptors (Lipinski definition) is 3. The van der Waals surface area contributed by atoms with Gasteiger partial charge in [-0.2, -0.15) is 0 Å². The van der Waals surface area contributed by atoms with E-state index >= 15 is 0 Å². The maximum absolute atomic E-state index is 11.0. The summed E-state index contributed by atoms with van der Waals surface area (Å²) in [4.78, 5) is 0. The van der Waals surface area contributed by atoms with Gasteiger partial charge in [0.2, 0.25) is 0 Å². The average molecular weight is 351 g/mol. The van der Waals surface area contributed by atoms with E-state index in [0.717, 1.165) is 74.2 Å². The highest BCUT2D eigenvalue weighted by Gasteiger charge is 2.44. The SMILES string of the molecule is OC1(c2ccc(Cl)cc2)CCC(C2CCC3(CC2)OCCO3)CC1. The summed E-state index contributed by atoms with van der Waals surface area (Å²) in [5, 5.41) is 11.8. The maximum atomic E-state index is 11.0. The van der Waals surface area contributed by atoms with E-state index in [1.807, 2.05) is 24.3 Å². The first-order chi connectivity index (χ1) is 11.6. The molecule has 0 bridgehead atoms. The van der Waals surface area contributed by atoms with E-state index in [1.54, 1.807) is 0 Å². The highest BCUT2D eigenvalue weighted by atomic mass is 35.5. The molecule has 4 rings (SSSR count). The standard InChI is InChI=1S/C20H27ClO3/c21-18-3-1-17(2-4-18)19(22)9-5-15(6-10-19)16-7-11-20(12-8-16)23-13-14-24-20/h1-4,15-16,22H,5-14H2. The fourth-order valence-corrected chi connectivity index (χ4v) is 5.10. The molecule has 2 aliphatic carbocycles. The van der Waals surface area contributed by atoms with Crippen LogP contribution in [0.4, 0.5) is 0 Å². The predicted molar refractivity (Wildman–Crippen MR) is 93.9 cm³/mol. The Kier molecular flexibility index (Phi) is 4.63. The molecular weight excluding hydrogens is 324 g/mol. The molecule has 0 radical (unpaired) electrons. The molecule has 132 valence electrons. The second kappa shape index (κ2) is 6.60. The third kappa shape index (κ3) is 3.24. The van der Waals surface area contributed by atoms with Crippen LogP contribution in [-0.4, -0.2) is 24.1 Å². The number of rotatable bonds is 2. The van der Waals surface area contributed by atoms with Gasteiger partial charge in [0, 0.05) is 17.9 Å². The van der Waals surface area contributed by atoms with E-state index in [9.17, 15) is 5.11 Å². The normalized spacial score (nSPS) is 33.8. The van der Waals surface area contributed by atoms with Crippen LogP contribution in [-0.2, 0) is 15.1 Å². The summed E-state index contributed by atoms with van der Waals surface area (Å²) in [5.41, 5.74) is 0.343. The van der Waals surface area contributed by atoms with Crippen LogP contribution >= 0.6 is 11.6 Å². The van der Waals surface area contributed by atoms with Crippen LogP contribution in [0.15, 0.2) is 24.3 Å². The lowest BCUT2D eigenvalue weighted by molar-refractivity contribution is -0.186. The Hall–Kier alpha value is -0.610. The number of aliphatic hydroxyl groups is 1. The third-order valence-electron chi connectivity index (χ3n) is 6.51. The van der Waals surface area contributed by atoms with E-state index in [-0.39, 0.29) is 5.79 Å². The van der Waals surface area contributed by atoms with Gasteiger partial charge in [-0.25, -0.2) is 0 Å². The van der Waals surface area contributed by atoms with Crippen LogP contribution in [0.5, 0.6) is 0 Å². The van der Waals surface area contributed by atoms with E-state index < -0.39 is 5.60 Å². The number of ether oxygens (including phenoxy) is 2. The fourth-order valence-electron chi connectivity index (χ4n) is 4.97. The zero-order chi connectivity index (χ0) is 16.6. The van der Waals surface area contributed by atoms with Crippen LogP contribution in [0.3, 0.4) is 0 Å². The highest BCUT2D eigenvalue weighted by molar-refractivity contribution is 6.30. The van der Waals surface area contributed by atoms with Crippen LogP contribution in [0.2, 0.25) is 5.02 Å². The Balaban J connectivity index is 1.34. The lowest BCUT2D eigenvalue weighted by Crippen LogP contribution is -2.39. The fraction of sp³-hybridized carbons (Fsp3) is 0.700. The summed E-state index contributed by atoms with van der Waals surface area (Å²) in [7, 11) is 0. The largest absolute Gasteiger partial charge is 0.385 e. The molecular formula is C20H27ClO3. The average Bonchev–Trinajstić information content (AvgIpc) is 3.05. The van der Waals surface area contributed by atoms with Gasteiger partial charge in [0.05, 0.1) is 18.8 Å². The molecule has 3 fully saturated rings. The molecule has 1 N–H and O–H groups in total. The molecule has 0 aromatic heterocycles. The van der Waals surface area contributed by atoms with Crippen molar-refractivity contribution in [1.29, 1.82) is 0 Å². The van der Waals surface area contributed by atoms with Crippen LogP contribution in [0.25, 0.3) is 0 Å². The quantitative estimate of drug-likeness (QED) is 0.843. The molecule has 0 amide bonds. The third-order valence-corrected chi connectivity index (χ3v) is 6.76. The van der Waals surface area contributed by atoms with E-state index in [4.69, 9.17) is 21.1 Å². The van der Waals surface area contributed by atoms with Crippen molar-refractivity contribution < 1.29 is 14.6 Å². The number of halogens is 1. The minimum absolute atomic E-state index is 0.255. The molecule has 0 unspecified atom stereocenters. The molecule has 4 heteroatoms. The maximum Gasteiger partial charge on any atom is 0.168 e. The van der Waals surface area contributed by atoms with E-state index in [0.29, 0.717) is 0 Å². The molecule has 24 heavy (non-hydrogen) atoms.